The van der Waals surface area contributed by atoms with E-state index in [9.17, 15) is 9.90 Å². The topological polar surface area (TPSA) is 67.2 Å². The second-order valence-electron chi connectivity index (χ2n) is 6.59. The first-order chi connectivity index (χ1) is 11.7. The van der Waals surface area contributed by atoms with E-state index in [1.807, 2.05) is 29.8 Å². The Hall–Kier alpha value is -2.14. The Morgan fingerprint density at radius 2 is 2.04 bits per heavy atom. The molecule has 0 radical (unpaired) electrons. The average molecular weight is 327 g/mol. The van der Waals surface area contributed by atoms with Gasteiger partial charge in [-0.1, -0.05) is 43.2 Å². The van der Waals surface area contributed by atoms with Gasteiger partial charge >= 0.3 is 0 Å². The van der Waals surface area contributed by atoms with E-state index in [1.54, 1.807) is 6.20 Å². The van der Waals surface area contributed by atoms with Crippen molar-refractivity contribution in [1.82, 2.24) is 15.1 Å². The van der Waals surface area contributed by atoms with Crippen LogP contribution in [0.15, 0.2) is 36.5 Å². The van der Waals surface area contributed by atoms with E-state index in [0.29, 0.717) is 12.1 Å². The molecule has 3 rings (SSSR count). The molecule has 1 aliphatic rings. The number of nitrogens with one attached hydrogen (secondary N) is 1. The summed E-state index contributed by atoms with van der Waals surface area (Å²) in [5.41, 5.74) is 2.64. The van der Waals surface area contributed by atoms with Gasteiger partial charge in [-0.3, -0.25) is 9.48 Å². The molecule has 1 saturated carbocycles. The number of carbonyl (C=O) groups excluding carboxylic acids is 1. The fourth-order valence-electron chi connectivity index (χ4n) is 3.45. The van der Waals surface area contributed by atoms with Gasteiger partial charge in [-0.2, -0.15) is 5.10 Å². The molecular weight excluding hydrogens is 302 g/mol. The lowest BCUT2D eigenvalue weighted by atomic mass is 9.85. The molecule has 1 aromatic carbocycles. The van der Waals surface area contributed by atoms with E-state index in [2.05, 4.69) is 22.5 Å². The van der Waals surface area contributed by atoms with Gasteiger partial charge in [0.15, 0.2) is 0 Å². The van der Waals surface area contributed by atoms with Gasteiger partial charge in [0, 0.05) is 24.3 Å². The molecule has 2 aromatic rings. The zero-order valence-corrected chi connectivity index (χ0v) is 14.1. The molecule has 0 bridgehead atoms. The predicted octanol–water partition coefficient (Wildman–Crippen LogP) is 2.52. The summed E-state index contributed by atoms with van der Waals surface area (Å²) in [6, 6.07) is 10.1. The van der Waals surface area contributed by atoms with Gasteiger partial charge in [0.25, 0.3) is 5.91 Å². The Balaban J connectivity index is 1.69. The standard InChI is InChI=1S/C19H25N3O2/c1-14-17(11-20-22(14)12-15-7-3-2-4-8-15)19(24)21-18-10-6-5-9-16(18)13-23/h2-4,7-8,11,16,18,23H,5-6,9-10,12-13H2,1H3,(H,21,24). The number of nitrogens with zero attached hydrogens (tertiary/aromatic N) is 2. The molecule has 5 heteroatoms. The Bertz CT molecular complexity index is 681. The van der Waals surface area contributed by atoms with Crippen LogP contribution in [0.3, 0.4) is 0 Å². The summed E-state index contributed by atoms with van der Waals surface area (Å²) < 4.78 is 1.86. The average Bonchev–Trinajstić information content (AvgIpc) is 2.97. The molecule has 1 aromatic heterocycles. The van der Waals surface area contributed by atoms with Crippen LogP contribution in [0.1, 0.15) is 47.3 Å². The number of carbonyl (C=O) groups is 1. The van der Waals surface area contributed by atoms with Gasteiger partial charge in [-0.15, -0.1) is 0 Å². The lowest BCUT2D eigenvalue weighted by Gasteiger charge is -2.30. The molecule has 2 atom stereocenters. The van der Waals surface area contributed by atoms with Crippen LogP contribution in [0.4, 0.5) is 0 Å². The first-order valence-electron chi connectivity index (χ1n) is 8.67. The summed E-state index contributed by atoms with van der Waals surface area (Å²) in [5.74, 6) is 0.0829. The SMILES string of the molecule is Cc1c(C(=O)NC2CCCCC2CO)cnn1Cc1ccccc1. The van der Waals surface area contributed by atoms with Crippen molar-refractivity contribution in [1.29, 1.82) is 0 Å². The zero-order chi connectivity index (χ0) is 16.9. The number of rotatable bonds is 5. The number of hydrogen-bond donors (Lipinski definition) is 2. The van der Waals surface area contributed by atoms with Gasteiger partial charge in [0.2, 0.25) is 0 Å². The zero-order valence-electron chi connectivity index (χ0n) is 14.1. The minimum absolute atomic E-state index is 0.0631. The van der Waals surface area contributed by atoms with Crippen molar-refractivity contribution < 1.29 is 9.90 Å². The number of aliphatic hydroxyl groups is 1. The quantitative estimate of drug-likeness (QED) is 0.887. The van der Waals surface area contributed by atoms with Crippen molar-refractivity contribution in [3.8, 4) is 0 Å². The summed E-state index contributed by atoms with van der Waals surface area (Å²) in [6.45, 7) is 2.72. The third kappa shape index (κ3) is 3.67. The van der Waals surface area contributed by atoms with Crippen molar-refractivity contribution in [2.75, 3.05) is 6.61 Å². The molecule has 1 fully saturated rings. The predicted molar refractivity (Wildman–Crippen MR) is 92.8 cm³/mol. The van der Waals surface area contributed by atoms with Crippen molar-refractivity contribution >= 4 is 5.91 Å². The number of aromatic nitrogens is 2. The largest absolute Gasteiger partial charge is 0.396 e. The molecule has 2 N–H and O–H groups in total. The van der Waals surface area contributed by atoms with Crippen LogP contribution in [-0.4, -0.2) is 33.4 Å². The van der Waals surface area contributed by atoms with E-state index < -0.39 is 0 Å². The smallest absolute Gasteiger partial charge is 0.254 e. The maximum atomic E-state index is 12.6. The molecule has 2 unspecified atom stereocenters. The minimum Gasteiger partial charge on any atom is -0.396 e. The lowest BCUT2D eigenvalue weighted by Crippen LogP contribution is -2.43. The molecule has 1 heterocycles. The number of benzene rings is 1. The normalized spacial score (nSPS) is 20.8. The van der Waals surface area contributed by atoms with Gasteiger partial charge in [0.1, 0.15) is 0 Å². The Morgan fingerprint density at radius 1 is 1.29 bits per heavy atom. The summed E-state index contributed by atoms with van der Waals surface area (Å²) in [5, 5.41) is 17.0. The summed E-state index contributed by atoms with van der Waals surface area (Å²) in [4.78, 5) is 12.6. The Morgan fingerprint density at radius 3 is 2.79 bits per heavy atom. The van der Waals surface area contributed by atoms with E-state index in [0.717, 1.165) is 36.9 Å². The highest BCUT2D eigenvalue weighted by atomic mass is 16.3. The number of amides is 1. The van der Waals surface area contributed by atoms with Gasteiger partial charge < -0.3 is 10.4 Å². The van der Waals surface area contributed by atoms with Crippen LogP contribution in [-0.2, 0) is 6.54 Å². The minimum atomic E-state index is -0.0860. The summed E-state index contributed by atoms with van der Waals surface area (Å²) >= 11 is 0. The molecular formula is C19H25N3O2. The van der Waals surface area contributed by atoms with Crippen LogP contribution in [0.2, 0.25) is 0 Å². The summed E-state index contributed by atoms with van der Waals surface area (Å²) in [7, 11) is 0. The third-order valence-electron chi connectivity index (χ3n) is 4.98. The van der Waals surface area contributed by atoms with E-state index in [1.165, 1.54) is 0 Å². The van der Waals surface area contributed by atoms with Crippen molar-refractivity contribution in [2.24, 2.45) is 5.92 Å². The van der Waals surface area contributed by atoms with Gasteiger partial charge in [-0.25, -0.2) is 0 Å². The fourth-order valence-corrected chi connectivity index (χ4v) is 3.45. The van der Waals surface area contributed by atoms with E-state index >= 15 is 0 Å². The summed E-state index contributed by atoms with van der Waals surface area (Å²) in [6.07, 6.45) is 5.80. The molecule has 128 valence electrons. The monoisotopic (exact) mass is 327 g/mol. The van der Waals surface area contributed by atoms with Crippen molar-refractivity contribution in [3.63, 3.8) is 0 Å². The molecule has 0 spiro atoms. The Labute approximate surface area is 142 Å². The van der Waals surface area contributed by atoms with Crippen molar-refractivity contribution in [3.05, 3.63) is 53.3 Å². The second kappa shape index (κ2) is 7.62. The second-order valence-corrected chi connectivity index (χ2v) is 6.59. The lowest BCUT2D eigenvalue weighted by molar-refractivity contribution is 0.0872. The maximum Gasteiger partial charge on any atom is 0.254 e. The van der Waals surface area contributed by atoms with Crippen LogP contribution in [0.5, 0.6) is 0 Å². The number of hydrogen-bond acceptors (Lipinski definition) is 3. The van der Waals surface area contributed by atoms with Crippen LogP contribution < -0.4 is 5.32 Å². The molecule has 1 amide bonds. The van der Waals surface area contributed by atoms with Crippen LogP contribution >= 0.6 is 0 Å². The molecule has 5 nitrogen and oxygen atoms in total. The first kappa shape index (κ1) is 16.7. The molecule has 1 aliphatic carbocycles. The van der Waals surface area contributed by atoms with E-state index in [-0.39, 0.29) is 24.5 Å². The molecule has 0 aliphatic heterocycles. The third-order valence-corrected chi connectivity index (χ3v) is 4.98. The first-order valence-corrected chi connectivity index (χ1v) is 8.67. The number of aliphatic hydroxyl groups excluding tert-OH is 1. The fraction of sp³-hybridized carbons (Fsp3) is 0.474. The highest BCUT2D eigenvalue weighted by molar-refractivity contribution is 5.95. The van der Waals surface area contributed by atoms with Crippen molar-refractivity contribution in [2.45, 2.75) is 45.2 Å². The van der Waals surface area contributed by atoms with Gasteiger partial charge in [0.05, 0.1) is 18.3 Å². The van der Waals surface area contributed by atoms with Crippen LogP contribution in [0, 0.1) is 12.8 Å². The highest BCUT2D eigenvalue weighted by Gasteiger charge is 2.27. The van der Waals surface area contributed by atoms with Crippen LogP contribution in [0.25, 0.3) is 0 Å². The van der Waals surface area contributed by atoms with E-state index in [4.69, 9.17) is 0 Å². The highest BCUT2D eigenvalue weighted by Crippen LogP contribution is 2.24. The molecule has 24 heavy (non-hydrogen) atoms. The Kier molecular flexibility index (Phi) is 5.30. The maximum absolute atomic E-state index is 12.6. The van der Waals surface area contributed by atoms with Gasteiger partial charge in [-0.05, 0) is 25.3 Å². The molecule has 0 saturated heterocycles.